The number of nitrogens with zero attached hydrogens (tertiary/aromatic N) is 2. The Hall–Kier alpha value is -1.75. The highest BCUT2D eigenvalue weighted by molar-refractivity contribution is 5.20. The lowest BCUT2D eigenvalue weighted by molar-refractivity contribution is -0.00361. The molecule has 0 amide bonds. The molecule has 1 N–H and O–H groups in total. The molecule has 0 bridgehead atoms. The van der Waals surface area contributed by atoms with E-state index in [1.54, 1.807) is 35.2 Å². The topological polar surface area (TPSA) is 29.9 Å². The van der Waals surface area contributed by atoms with Crippen LogP contribution in [0.5, 0.6) is 0 Å². The summed E-state index contributed by atoms with van der Waals surface area (Å²) in [5, 5.41) is 2.73. The summed E-state index contributed by atoms with van der Waals surface area (Å²) >= 11 is 0. The van der Waals surface area contributed by atoms with Crippen molar-refractivity contribution in [3.8, 4) is 0 Å². The van der Waals surface area contributed by atoms with Gasteiger partial charge in [-0.2, -0.15) is 8.78 Å². The van der Waals surface area contributed by atoms with Gasteiger partial charge in [0.15, 0.2) is 0 Å². The molecule has 1 aromatic heterocycles. The summed E-state index contributed by atoms with van der Waals surface area (Å²) in [5.41, 5.74) is 0.0253. The molecule has 0 spiro atoms. The van der Waals surface area contributed by atoms with E-state index in [4.69, 9.17) is 0 Å². The molecule has 2 aromatic rings. The van der Waals surface area contributed by atoms with Crippen LogP contribution in [0.4, 0.5) is 8.78 Å². The molecule has 0 aliphatic heterocycles. The van der Waals surface area contributed by atoms with Gasteiger partial charge in [-0.1, -0.05) is 30.3 Å². The molecule has 18 heavy (non-hydrogen) atoms. The predicted molar refractivity (Wildman–Crippen MR) is 65.3 cm³/mol. The van der Waals surface area contributed by atoms with E-state index >= 15 is 0 Å². The monoisotopic (exact) mass is 251 g/mol. The van der Waals surface area contributed by atoms with E-state index in [-0.39, 0.29) is 5.56 Å². The Morgan fingerprint density at radius 2 is 2.00 bits per heavy atom. The van der Waals surface area contributed by atoms with Crippen molar-refractivity contribution in [3.63, 3.8) is 0 Å². The van der Waals surface area contributed by atoms with Crippen LogP contribution in [0.15, 0.2) is 42.7 Å². The summed E-state index contributed by atoms with van der Waals surface area (Å²) in [4.78, 5) is 4.06. The molecule has 0 saturated carbocycles. The number of aromatic nitrogens is 2. The average molecular weight is 251 g/mol. The van der Waals surface area contributed by atoms with Gasteiger partial charge in [0.25, 0.3) is 5.92 Å². The van der Waals surface area contributed by atoms with Gasteiger partial charge >= 0.3 is 0 Å². The first-order chi connectivity index (χ1) is 8.59. The van der Waals surface area contributed by atoms with E-state index in [9.17, 15) is 8.78 Å². The molecular weight excluding hydrogens is 236 g/mol. The van der Waals surface area contributed by atoms with Crippen molar-refractivity contribution in [2.75, 3.05) is 6.54 Å². The van der Waals surface area contributed by atoms with Crippen LogP contribution < -0.4 is 5.32 Å². The van der Waals surface area contributed by atoms with Gasteiger partial charge in [0.1, 0.15) is 5.82 Å². The third kappa shape index (κ3) is 2.92. The quantitative estimate of drug-likeness (QED) is 0.883. The molecule has 3 nitrogen and oxygen atoms in total. The number of hydrogen-bond donors (Lipinski definition) is 1. The molecule has 0 fully saturated rings. The van der Waals surface area contributed by atoms with Crippen LogP contribution >= 0.6 is 0 Å². The molecule has 0 radical (unpaired) electrons. The molecule has 5 heteroatoms. The number of nitrogens with one attached hydrogen (secondary N) is 1. The first-order valence-corrected chi connectivity index (χ1v) is 5.70. The van der Waals surface area contributed by atoms with Gasteiger partial charge in [0.05, 0.1) is 13.1 Å². The Labute approximate surface area is 104 Å². The van der Waals surface area contributed by atoms with E-state index in [2.05, 4.69) is 10.3 Å². The van der Waals surface area contributed by atoms with Gasteiger partial charge in [0, 0.05) is 25.0 Å². The lowest BCUT2D eigenvalue weighted by Gasteiger charge is -2.17. The summed E-state index contributed by atoms with van der Waals surface area (Å²) < 4.78 is 29.4. The number of rotatable bonds is 5. The van der Waals surface area contributed by atoms with E-state index < -0.39 is 12.5 Å². The fraction of sp³-hybridized carbons (Fsp3) is 0.308. The van der Waals surface area contributed by atoms with Crippen LogP contribution in [0.1, 0.15) is 11.4 Å². The number of alkyl halides is 2. The minimum Gasteiger partial charge on any atom is -0.337 e. The van der Waals surface area contributed by atoms with Crippen LogP contribution in [-0.2, 0) is 19.5 Å². The van der Waals surface area contributed by atoms with Gasteiger partial charge in [-0.05, 0) is 0 Å². The van der Waals surface area contributed by atoms with Gasteiger partial charge < -0.3 is 9.88 Å². The zero-order valence-electron chi connectivity index (χ0n) is 10.1. The molecular formula is C13H15F2N3. The second-order valence-electron chi connectivity index (χ2n) is 4.13. The zero-order chi connectivity index (χ0) is 13.0. The van der Waals surface area contributed by atoms with Crippen molar-refractivity contribution in [1.82, 2.24) is 14.9 Å². The highest BCUT2D eigenvalue weighted by Crippen LogP contribution is 2.26. The summed E-state index contributed by atoms with van der Waals surface area (Å²) in [6, 6.07) is 7.82. The Morgan fingerprint density at radius 3 is 2.61 bits per heavy atom. The third-order valence-corrected chi connectivity index (χ3v) is 2.75. The van der Waals surface area contributed by atoms with Crippen molar-refractivity contribution >= 4 is 0 Å². The Bertz CT molecular complexity index is 494. The van der Waals surface area contributed by atoms with Crippen molar-refractivity contribution in [1.29, 1.82) is 0 Å². The maximum Gasteiger partial charge on any atom is 0.285 e. The number of hydrogen-bond acceptors (Lipinski definition) is 2. The minimum atomic E-state index is -2.87. The highest BCUT2D eigenvalue weighted by Gasteiger charge is 2.30. The van der Waals surface area contributed by atoms with Crippen LogP contribution in [0.25, 0.3) is 0 Å². The first kappa shape index (κ1) is 12.7. The normalized spacial score (nSPS) is 11.7. The van der Waals surface area contributed by atoms with Crippen LogP contribution in [-0.4, -0.2) is 16.1 Å². The molecule has 0 saturated heterocycles. The molecule has 96 valence electrons. The molecule has 0 atom stereocenters. The van der Waals surface area contributed by atoms with E-state index in [0.29, 0.717) is 6.54 Å². The molecule has 1 aromatic carbocycles. The SMILES string of the molecule is Cn1ccnc1CNCC(F)(F)c1ccccc1. The fourth-order valence-electron chi connectivity index (χ4n) is 1.68. The van der Waals surface area contributed by atoms with Crippen molar-refractivity contribution in [3.05, 3.63) is 54.1 Å². The predicted octanol–water partition coefficient (Wildman–Crippen LogP) is 2.30. The van der Waals surface area contributed by atoms with Crippen molar-refractivity contribution < 1.29 is 8.78 Å². The van der Waals surface area contributed by atoms with E-state index in [1.807, 2.05) is 7.05 Å². The maximum absolute atomic E-state index is 13.8. The second-order valence-corrected chi connectivity index (χ2v) is 4.13. The van der Waals surface area contributed by atoms with Gasteiger partial charge in [-0.25, -0.2) is 4.98 Å². The first-order valence-electron chi connectivity index (χ1n) is 5.70. The van der Waals surface area contributed by atoms with Crippen LogP contribution in [0.3, 0.4) is 0 Å². The number of aryl methyl sites for hydroxylation is 1. The Balaban J connectivity index is 1.92. The number of benzene rings is 1. The van der Waals surface area contributed by atoms with Crippen molar-refractivity contribution in [2.45, 2.75) is 12.5 Å². The summed E-state index contributed by atoms with van der Waals surface area (Å²) in [7, 11) is 1.83. The van der Waals surface area contributed by atoms with Crippen LogP contribution in [0.2, 0.25) is 0 Å². The lowest BCUT2D eigenvalue weighted by Crippen LogP contribution is -2.31. The smallest absolute Gasteiger partial charge is 0.285 e. The lowest BCUT2D eigenvalue weighted by atomic mass is 10.1. The largest absolute Gasteiger partial charge is 0.337 e. The number of imidazole rings is 1. The number of halogens is 2. The Kier molecular flexibility index (Phi) is 3.72. The van der Waals surface area contributed by atoms with Gasteiger partial charge in [0.2, 0.25) is 0 Å². The van der Waals surface area contributed by atoms with Crippen molar-refractivity contribution in [2.24, 2.45) is 7.05 Å². The molecule has 0 aliphatic rings. The fourth-order valence-corrected chi connectivity index (χ4v) is 1.68. The highest BCUT2D eigenvalue weighted by atomic mass is 19.3. The maximum atomic E-state index is 13.8. The molecule has 2 rings (SSSR count). The summed E-state index contributed by atoms with van der Waals surface area (Å²) in [5.74, 6) is -2.13. The molecule has 0 aliphatic carbocycles. The average Bonchev–Trinajstić information content (AvgIpc) is 2.76. The van der Waals surface area contributed by atoms with E-state index in [0.717, 1.165) is 5.82 Å². The summed E-state index contributed by atoms with van der Waals surface area (Å²) in [6.07, 6.45) is 3.43. The van der Waals surface area contributed by atoms with Gasteiger partial charge in [-0.15, -0.1) is 0 Å². The van der Waals surface area contributed by atoms with Crippen LogP contribution in [0, 0.1) is 0 Å². The minimum absolute atomic E-state index is 0.0253. The zero-order valence-corrected chi connectivity index (χ0v) is 10.1. The Morgan fingerprint density at radius 1 is 1.28 bits per heavy atom. The molecule has 1 heterocycles. The molecule has 0 unspecified atom stereocenters. The summed E-state index contributed by atoms with van der Waals surface area (Å²) in [6.45, 7) is -0.0736. The standard InChI is InChI=1S/C13H15F2N3/c1-18-8-7-17-12(18)9-16-10-13(14,15)11-5-3-2-4-6-11/h2-8,16H,9-10H2,1H3. The van der Waals surface area contributed by atoms with Gasteiger partial charge in [-0.3, -0.25) is 0 Å². The van der Waals surface area contributed by atoms with E-state index in [1.165, 1.54) is 12.1 Å². The third-order valence-electron chi connectivity index (χ3n) is 2.75. The second kappa shape index (κ2) is 5.27.